The molecule has 0 bridgehead atoms. The molecule has 0 saturated carbocycles. The lowest BCUT2D eigenvalue weighted by atomic mass is 9.69. The molecule has 1 heterocycles. The Kier molecular flexibility index (Phi) is 4.46. The lowest BCUT2D eigenvalue weighted by molar-refractivity contribution is -0.137. The summed E-state index contributed by atoms with van der Waals surface area (Å²) in [6.07, 6.45) is -3.17. The Morgan fingerprint density at radius 2 is 1.67 bits per heavy atom. The summed E-state index contributed by atoms with van der Waals surface area (Å²) in [4.78, 5) is 1.11. The monoisotopic (exact) mass is 392 g/mol. The zero-order valence-corrected chi connectivity index (χ0v) is 13.9. The molecule has 1 aliphatic heterocycles. The van der Waals surface area contributed by atoms with Gasteiger partial charge in [-0.25, -0.2) is 0 Å². The molecular formula is C14H7BCl3F3N2O. The molecule has 1 aliphatic rings. The van der Waals surface area contributed by atoms with Crippen LogP contribution in [-0.2, 0) is 6.18 Å². The highest BCUT2D eigenvalue weighted by molar-refractivity contribution is 6.71. The van der Waals surface area contributed by atoms with Crippen LogP contribution in [0.15, 0.2) is 35.4 Å². The lowest BCUT2D eigenvalue weighted by Gasteiger charge is -2.27. The minimum atomic E-state index is -4.51. The van der Waals surface area contributed by atoms with Crippen LogP contribution in [0, 0.1) is 0 Å². The first kappa shape index (κ1) is 17.4. The van der Waals surface area contributed by atoms with Crippen molar-refractivity contribution < 1.29 is 18.2 Å². The predicted octanol–water partition coefficient (Wildman–Crippen LogP) is 4.21. The summed E-state index contributed by atoms with van der Waals surface area (Å²) in [5.41, 5.74) is -0.108. The van der Waals surface area contributed by atoms with Crippen molar-refractivity contribution >= 4 is 59.2 Å². The van der Waals surface area contributed by atoms with Gasteiger partial charge in [0.05, 0.1) is 32.5 Å². The van der Waals surface area contributed by atoms with Crippen LogP contribution in [0.5, 0.6) is 0 Å². The minimum absolute atomic E-state index is 0.0713. The standard InChI is InChI=1S/C14H7BCl3F3N2O/c16-11-4-9(5-12(17)13(11)18)23-15(24)10-3-8(14(19,20)21)2-1-7(10)6-22-23/h1-6,24H. The van der Waals surface area contributed by atoms with Gasteiger partial charge in [-0.15, -0.1) is 0 Å². The Morgan fingerprint density at radius 3 is 2.25 bits per heavy atom. The molecule has 0 unspecified atom stereocenters. The van der Waals surface area contributed by atoms with E-state index in [1.165, 1.54) is 24.4 Å². The molecule has 0 amide bonds. The van der Waals surface area contributed by atoms with Crippen LogP contribution in [0.2, 0.25) is 15.1 Å². The maximum absolute atomic E-state index is 12.9. The molecule has 124 valence electrons. The van der Waals surface area contributed by atoms with Gasteiger partial charge in [0.1, 0.15) is 0 Å². The molecule has 3 nitrogen and oxygen atoms in total. The average molecular weight is 393 g/mol. The molecule has 3 rings (SSSR count). The molecule has 0 atom stereocenters. The molecule has 0 aromatic heterocycles. The highest BCUT2D eigenvalue weighted by Gasteiger charge is 2.36. The number of hydrogen-bond donors (Lipinski definition) is 1. The Labute approximate surface area is 150 Å². The van der Waals surface area contributed by atoms with Gasteiger partial charge >= 0.3 is 13.2 Å². The molecule has 2 aromatic rings. The van der Waals surface area contributed by atoms with E-state index >= 15 is 0 Å². The van der Waals surface area contributed by atoms with Crippen molar-refractivity contribution in [1.82, 2.24) is 0 Å². The SMILES string of the molecule is OB1c2cc(C(F)(F)F)ccc2C=NN1c1cc(Cl)c(Cl)c(Cl)c1. The summed E-state index contributed by atoms with van der Waals surface area (Å²) in [7, 11) is -1.43. The van der Waals surface area contributed by atoms with Crippen LogP contribution in [-0.4, -0.2) is 18.3 Å². The summed E-state index contributed by atoms with van der Waals surface area (Å²) in [6, 6.07) is 5.90. The zero-order chi connectivity index (χ0) is 17.6. The molecule has 0 aliphatic carbocycles. The summed E-state index contributed by atoms with van der Waals surface area (Å²) < 4.78 is 38.6. The Bertz CT molecular complexity index is 821. The molecule has 10 heteroatoms. The van der Waals surface area contributed by atoms with Crippen LogP contribution >= 0.6 is 34.8 Å². The van der Waals surface area contributed by atoms with Gasteiger partial charge in [-0.1, -0.05) is 46.9 Å². The maximum atomic E-state index is 12.9. The van der Waals surface area contributed by atoms with Gasteiger partial charge in [0, 0.05) is 0 Å². The third-order valence-electron chi connectivity index (χ3n) is 3.48. The van der Waals surface area contributed by atoms with E-state index in [-0.39, 0.29) is 20.5 Å². The van der Waals surface area contributed by atoms with Crippen LogP contribution in [0.3, 0.4) is 0 Å². The number of alkyl halides is 3. The van der Waals surface area contributed by atoms with E-state index in [1.807, 2.05) is 0 Å². The van der Waals surface area contributed by atoms with Crippen molar-refractivity contribution in [2.24, 2.45) is 5.10 Å². The van der Waals surface area contributed by atoms with Crippen molar-refractivity contribution in [2.75, 3.05) is 4.92 Å². The van der Waals surface area contributed by atoms with Crippen LogP contribution < -0.4 is 10.4 Å². The summed E-state index contributed by atoms with van der Waals surface area (Å²) in [5.74, 6) is 0. The number of fused-ring (bicyclic) bond motifs is 1. The van der Waals surface area contributed by atoms with Gasteiger partial charge in [0.15, 0.2) is 0 Å². The van der Waals surface area contributed by atoms with Crippen molar-refractivity contribution in [3.05, 3.63) is 56.5 Å². The fourth-order valence-electron chi connectivity index (χ4n) is 2.29. The number of halogens is 6. The van der Waals surface area contributed by atoms with E-state index in [9.17, 15) is 18.2 Å². The fourth-order valence-corrected chi connectivity index (χ4v) is 2.88. The number of rotatable bonds is 1. The van der Waals surface area contributed by atoms with E-state index in [0.29, 0.717) is 11.3 Å². The van der Waals surface area contributed by atoms with Gasteiger partial charge in [0.25, 0.3) is 0 Å². The first-order valence-corrected chi connectivity index (χ1v) is 7.69. The Morgan fingerprint density at radius 1 is 1.04 bits per heavy atom. The molecule has 0 saturated heterocycles. The highest BCUT2D eigenvalue weighted by atomic mass is 35.5. The maximum Gasteiger partial charge on any atom is 0.471 e. The molecule has 0 spiro atoms. The number of hydrazone groups is 1. The van der Waals surface area contributed by atoms with E-state index in [2.05, 4.69) is 5.10 Å². The third-order valence-corrected chi connectivity index (χ3v) is 4.68. The number of hydrogen-bond acceptors (Lipinski definition) is 3. The van der Waals surface area contributed by atoms with Crippen LogP contribution in [0.4, 0.5) is 18.9 Å². The van der Waals surface area contributed by atoms with Crippen LogP contribution in [0.25, 0.3) is 0 Å². The minimum Gasteiger partial charge on any atom is -0.427 e. The first-order valence-electron chi connectivity index (χ1n) is 6.55. The average Bonchev–Trinajstić information content (AvgIpc) is 2.51. The first-order chi connectivity index (χ1) is 11.2. The molecule has 2 aromatic carbocycles. The molecular weight excluding hydrogens is 386 g/mol. The highest BCUT2D eigenvalue weighted by Crippen LogP contribution is 2.35. The van der Waals surface area contributed by atoms with E-state index in [1.54, 1.807) is 0 Å². The number of benzene rings is 2. The fraction of sp³-hybridized carbons (Fsp3) is 0.0714. The largest absolute Gasteiger partial charge is 0.471 e. The number of nitrogens with zero attached hydrogens (tertiary/aromatic N) is 2. The molecule has 0 fully saturated rings. The van der Waals surface area contributed by atoms with E-state index < -0.39 is 18.8 Å². The predicted molar refractivity (Wildman–Crippen MR) is 90.6 cm³/mol. The summed E-state index contributed by atoms with van der Waals surface area (Å²) >= 11 is 17.8. The van der Waals surface area contributed by atoms with Gasteiger partial charge in [-0.05, 0) is 29.2 Å². The second-order valence-electron chi connectivity index (χ2n) is 5.03. The molecule has 0 radical (unpaired) electrons. The van der Waals surface area contributed by atoms with Gasteiger partial charge in [-0.3, -0.25) is 4.92 Å². The second kappa shape index (κ2) is 6.15. The van der Waals surface area contributed by atoms with Crippen LogP contribution in [0.1, 0.15) is 11.1 Å². The van der Waals surface area contributed by atoms with Crippen molar-refractivity contribution in [2.45, 2.75) is 6.18 Å². The van der Waals surface area contributed by atoms with Crippen molar-refractivity contribution in [3.63, 3.8) is 0 Å². The molecule has 1 N–H and O–H groups in total. The lowest BCUT2D eigenvalue weighted by Crippen LogP contribution is -2.50. The summed E-state index contributed by atoms with van der Waals surface area (Å²) in [6.45, 7) is 0. The summed E-state index contributed by atoms with van der Waals surface area (Å²) in [5, 5.41) is 14.9. The normalized spacial score (nSPS) is 14.1. The van der Waals surface area contributed by atoms with Gasteiger partial charge in [-0.2, -0.15) is 18.3 Å². The van der Waals surface area contributed by atoms with E-state index in [0.717, 1.165) is 17.1 Å². The second-order valence-corrected chi connectivity index (χ2v) is 6.22. The zero-order valence-electron chi connectivity index (χ0n) is 11.7. The van der Waals surface area contributed by atoms with Gasteiger partial charge in [0.2, 0.25) is 0 Å². The van der Waals surface area contributed by atoms with Crippen molar-refractivity contribution in [3.8, 4) is 0 Å². The van der Waals surface area contributed by atoms with Crippen molar-refractivity contribution in [1.29, 1.82) is 0 Å². The Balaban J connectivity index is 2.05. The third kappa shape index (κ3) is 3.09. The smallest absolute Gasteiger partial charge is 0.427 e. The van der Waals surface area contributed by atoms with Gasteiger partial charge < -0.3 is 5.02 Å². The topological polar surface area (TPSA) is 35.8 Å². The quantitative estimate of drug-likeness (QED) is 0.582. The number of anilines is 1. The van der Waals surface area contributed by atoms with E-state index in [4.69, 9.17) is 34.8 Å². The Hall–Kier alpha value is -1.41. The molecule has 24 heavy (non-hydrogen) atoms.